The van der Waals surface area contributed by atoms with Crippen LogP contribution in [0.25, 0.3) is 5.69 Å². The molecule has 0 aliphatic rings. The highest BCUT2D eigenvalue weighted by Gasteiger charge is 2.15. The number of nitriles is 1. The van der Waals surface area contributed by atoms with E-state index in [0.717, 1.165) is 11.4 Å². The van der Waals surface area contributed by atoms with Gasteiger partial charge in [-0.2, -0.15) is 5.26 Å². The van der Waals surface area contributed by atoms with Crippen LogP contribution in [-0.4, -0.2) is 22.0 Å². The maximum atomic E-state index is 13.3. The molecule has 1 N–H and O–H groups in total. The molecule has 0 spiro atoms. The maximum absolute atomic E-state index is 13.3. The Morgan fingerprint density at radius 2 is 2.21 bits per heavy atom. The lowest BCUT2D eigenvalue weighted by Gasteiger charge is -2.08. The van der Waals surface area contributed by atoms with Crippen LogP contribution in [0.15, 0.2) is 18.2 Å². The second kappa shape index (κ2) is 5.16. The summed E-state index contributed by atoms with van der Waals surface area (Å²) in [4.78, 5) is 0. The smallest absolute Gasteiger partial charge is 0.141 e. The normalized spacial score (nSPS) is 12.2. The highest BCUT2D eigenvalue weighted by molar-refractivity contribution is 5.42. The molecule has 19 heavy (non-hydrogen) atoms. The zero-order chi connectivity index (χ0) is 14.0. The zero-order valence-electron chi connectivity index (χ0n) is 11.0. The third-order valence-corrected chi connectivity index (χ3v) is 3.09. The van der Waals surface area contributed by atoms with Crippen molar-refractivity contribution < 1.29 is 4.39 Å². The van der Waals surface area contributed by atoms with Crippen LogP contribution >= 0.6 is 0 Å². The maximum Gasteiger partial charge on any atom is 0.141 e. The molecule has 1 unspecified atom stereocenters. The van der Waals surface area contributed by atoms with Crippen molar-refractivity contribution in [2.24, 2.45) is 0 Å². The average molecular weight is 259 g/mol. The molecule has 0 aliphatic carbocycles. The van der Waals surface area contributed by atoms with E-state index in [9.17, 15) is 4.39 Å². The molecule has 2 aromatic rings. The summed E-state index contributed by atoms with van der Waals surface area (Å²) >= 11 is 0. The summed E-state index contributed by atoms with van der Waals surface area (Å²) in [6.45, 7) is 3.87. The number of nitrogens with one attached hydrogen (secondary N) is 1. The van der Waals surface area contributed by atoms with Gasteiger partial charge in [0.15, 0.2) is 0 Å². The lowest BCUT2D eigenvalue weighted by atomic mass is 10.2. The van der Waals surface area contributed by atoms with Crippen molar-refractivity contribution in [3.63, 3.8) is 0 Å². The van der Waals surface area contributed by atoms with Crippen molar-refractivity contribution in [1.82, 2.24) is 20.3 Å². The molecule has 0 amide bonds. The van der Waals surface area contributed by atoms with Crippen LogP contribution in [0.1, 0.15) is 29.9 Å². The molecule has 98 valence electrons. The third kappa shape index (κ3) is 2.33. The molecule has 0 bridgehead atoms. The van der Waals surface area contributed by atoms with E-state index in [1.165, 1.54) is 12.1 Å². The molecule has 1 aromatic carbocycles. The van der Waals surface area contributed by atoms with Crippen LogP contribution in [0.3, 0.4) is 0 Å². The fourth-order valence-electron chi connectivity index (χ4n) is 1.85. The first-order chi connectivity index (χ1) is 9.08. The predicted octanol–water partition coefficient (Wildman–Crippen LogP) is 1.87. The quantitative estimate of drug-likeness (QED) is 0.913. The van der Waals surface area contributed by atoms with Crippen molar-refractivity contribution in [1.29, 1.82) is 5.26 Å². The van der Waals surface area contributed by atoms with Gasteiger partial charge in [0.25, 0.3) is 0 Å². The second-order valence-electron chi connectivity index (χ2n) is 4.26. The summed E-state index contributed by atoms with van der Waals surface area (Å²) in [5.74, 6) is -0.534. The molecule has 1 heterocycles. The molecule has 1 atom stereocenters. The van der Waals surface area contributed by atoms with E-state index in [1.54, 1.807) is 10.7 Å². The van der Waals surface area contributed by atoms with E-state index in [0.29, 0.717) is 5.69 Å². The molecule has 5 nitrogen and oxygen atoms in total. The van der Waals surface area contributed by atoms with Gasteiger partial charge < -0.3 is 5.32 Å². The molecule has 1 aromatic heterocycles. The molecule has 0 saturated carbocycles. The van der Waals surface area contributed by atoms with Crippen LogP contribution < -0.4 is 5.32 Å². The summed E-state index contributed by atoms with van der Waals surface area (Å²) in [6.07, 6.45) is 0. The highest BCUT2D eigenvalue weighted by Crippen LogP contribution is 2.19. The minimum absolute atomic E-state index is 0.00406. The number of hydrogen-bond donors (Lipinski definition) is 1. The van der Waals surface area contributed by atoms with Gasteiger partial charge in [-0.15, -0.1) is 5.10 Å². The van der Waals surface area contributed by atoms with Crippen LogP contribution in [0.2, 0.25) is 0 Å². The van der Waals surface area contributed by atoms with Gasteiger partial charge in [-0.25, -0.2) is 9.07 Å². The molecule has 6 heteroatoms. The van der Waals surface area contributed by atoms with Crippen molar-refractivity contribution in [2.45, 2.75) is 19.9 Å². The van der Waals surface area contributed by atoms with Gasteiger partial charge >= 0.3 is 0 Å². The van der Waals surface area contributed by atoms with E-state index < -0.39 is 5.82 Å². The largest absolute Gasteiger partial charge is 0.312 e. The predicted molar refractivity (Wildman–Crippen MR) is 68.2 cm³/mol. The summed E-state index contributed by atoms with van der Waals surface area (Å²) < 4.78 is 14.9. The first-order valence-electron chi connectivity index (χ1n) is 5.88. The molecule has 0 fully saturated rings. The van der Waals surface area contributed by atoms with Crippen molar-refractivity contribution in [3.05, 3.63) is 41.0 Å². The Bertz CT molecular complexity index is 641. The Labute approximate surface area is 110 Å². The molecule has 2 rings (SSSR count). The number of hydrogen-bond acceptors (Lipinski definition) is 4. The van der Waals surface area contributed by atoms with Crippen LogP contribution in [0, 0.1) is 24.1 Å². The van der Waals surface area contributed by atoms with Crippen LogP contribution in [0.5, 0.6) is 0 Å². The van der Waals surface area contributed by atoms with Crippen molar-refractivity contribution in [3.8, 4) is 11.8 Å². The monoisotopic (exact) mass is 259 g/mol. The Morgan fingerprint density at radius 1 is 1.47 bits per heavy atom. The fraction of sp³-hybridized carbons (Fsp3) is 0.308. The molecule has 0 aliphatic heterocycles. The van der Waals surface area contributed by atoms with Crippen molar-refractivity contribution in [2.75, 3.05) is 7.05 Å². The number of halogens is 1. The zero-order valence-corrected chi connectivity index (χ0v) is 11.0. The number of benzene rings is 1. The minimum atomic E-state index is -0.534. The van der Waals surface area contributed by atoms with Gasteiger partial charge in [0.1, 0.15) is 17.6 Å². The minimum Gasteiger partial charge on any atom is -0.312 e. The Hall–Kier alpha value is -2.26. The SMILES string of the molecule is CNC(C)c1nnn(-c2ccc(F)c(C#N)c2)c1C. The molecule has 0 saturated heterocycles. The molecular formula is C13H14FN5. The standard InChI is InChI=1S/C13H14FN5/c1-8(16-3)13-9(2)19(18-17-13)11-4-5-12(14)10(6-11)7-15/h4-6,8,16H,1-3H3. The summed E-state index contributed by atoms with van der Waals surface area (Å²) in [5.41, 5.74) is 2.30. The number of rotatable bonds is 3. The summed E-state index contributed by atoms with van der Waals surface area (Å²) in [7, 11) is 1.84. The van der Waals surface area contributed by atoms with E-state index in [2.05, 4.69) is 15.6 Å². The van der Waals surface area contributed by atoms with Gasteiger partial charge in [-0.1, -0.05) is 5.21 Å². The van der Waals surface area contributed by atoms with Gasteiger partial charge in [0, 0.05) is 0 Å². The fourth-order valence-corrected chi connectivity index (χ4v) is 1.85. The van der Waals surface area contributed by atoms with Gasteiger partial charge in [0.2, 0.25) is 0 Å². The van der Waals surface area contributed by atoms with E-state index in [-0.39, 0.29) is 11.6 Å². The van der Waals surface area contributed by atoms with Gasteiger partial charge in [0.05, 0.1) is 23.0 Å². The van der Waals surface area contributed by atoms with Crippen LogP contribution in [0.4, 0.5) is 4.39 Å². The lowest BCUT2D eigenvalue weighted by Crippen LogP contribution is -2.14. The Balaban J connectivity index is 2.49. The second-order valence-corrected chi connectivity index (χ2v) is 4.26. The molecular weight excluding hydrogens is 245 g/mol. The average Bonchev–Trinajstić information content (AvgIpc) is 2.80. The van der Waals surface area contributed by atoms with Crippen molar-refractivity contribution >= 4 is 0 Å². The van der Waals surface area contributed by atoms with E-state index in [1.807, 2.05) is 27.0 Å². The van der Waals surface area contributed by atoms with E-state index >= 15 is 0 Å². The summed E-state index contributed by atoms with van der Waals surface area (Å²) in [6, 6.07) is 6.19. The third-order valence-electron chi connectivity index (χ3n) is 3.09. The molecule has 0 radical (unpaired) electrons. The number of aromatic nitrogens is 3. The Morgan fingerprint density at radius 3 is 2.84 bits per heavy atom. The van der Waals surface area contributed by atoms with Gasteiger partial charge in [-0.05, 0) is 39.1 Å². The lowest BCUT2D eigenvalue weighted by molar-refractivity contribution is 0.622. The number of nitrogens with zero attached hydrogens (tertiary/aromatic N) is 4. The Kier molecular flexibility index (Phi) is 3.58. The highest BCUT2D eigenvalue weighted by atomic mass is 19.1. The van der Waals surface area contributed by atoms with Crippen LogP contribution in [-0.2, 0) is 0 Å². The topological polar surface area (TPSA) is 66.5 Å². The first-order valence-corrected chi connectivity index (χ1v) is 5.88. The first kappa shape index (κ1) is 13.2. The summed E-state index contributed by atoms with van der Waals surface area (Å²) in [5, 5.41) is 20.1. The van der Waals surface area contributed by atoms with E-state index in [4.69, 9.17) is 5.26 Å². The van der Waals surface area contributed by atoms with Gasteiger partial charge in [-0.3, -0.25) is 0 Å².